The van der Waals surface area contributed by atoms with E-state index < -0.39 is 24.3 Å². The molecule has 0 heterocycles. The number of carboxylic acid groups (broad SMARTS) is 1. The van der Waals surface area contributed by atoms with E-state index in [0.717, 1.165) is 57.8 Å². The molecule has 0 rings (SSSR count). The third-order valence-electron chi connectivity index (χ3n) is 13.6. The first-order valence-corrected chi connectivity index (χ1v) is 31.7. The molecular weight excluding hydrogens is 959 g/mol. The minimum atomic E-state index is -1.64. The summed E-state index contributed by atoms with van der Waals surface area (Å²) in [6.45, 7) is 4.54. The van der Waals surface area contributed by atoms with E-state index in [9.17, 15) is 19.5 Å². The second-order valence-corrected chi connectivity index (χ2v) is 22.3. The molecule has 9 heteroatoms. The summed E-state index contributed by atoms with van der Waals surface area (Å²) in [4.78, 5) is 37.2. The maximum absolute atomic E-state index is 12.8. The molecule has 0 bridgehead atoms. The summed E-state index contributed by atoms with van der Waals surface area (Å²) in [6.07, 6.45) is 75.7. The van der Waals surface area contributed by atoms with E-state index in [1.54, 1.807) is 0 Å². The molecule has 0 saturated carbocycles. The second-order valence-electron chi connectivity index (χ2n) is 22.3. The summed E-state index contributed by atoms with van der Waals surface area (Å²) < 4.78 is 22.6. The molecule has 9 nitrogen and oxygen atoms in total. The Hall–Kier alpha value is -3.53. The Balaban J connectivity index is 3.96. The van der Waals surface area contributed by atoms with Gasteiger partial charge >= 0.3 is 11.9 Å². The van der Waals surface area contributed by atoms with Crippen LogP contribution in [-0.4, -0.2) is 82.3 Å². The molecule has 0 aromatic heterocycles. The lowest BCUT2D eigenvalue weighted by molar-refractivity contribution is -0.870. The molecule has 0 aliphatic carbocycles. The van der Waals surface area contributed by atoms with E-state index in [4.69, 9.17) is 18.9 Å². The Morgan fingerprint density at radius 2 is 0.766 bits per heavy atom. The zero-order valence-electron chi connectivity index (χ0n) is 50.6. The number of carbonyl (C=O) groups excluding carboxylic acids is 3. The molecule has 0 aliphatic heterocycles. The number of rotatable bonds is 58. The van der Waals surface area contributed by atoms with Crippen LogP contribution in [0.15, 0.2) is 85.1 Å². The number of allylic oxidation sites excluding steroid dienone is 14. The predicted molar refractivity (Wildman–Crippen MR) is 324 cm³/mol. The number of aliphatic carboxylic acids is 1. The summed E-state index contributed by atoms with van der Waals surface area (Å²) in [5.41, 5.74) is 0. The van der Waals surface area contributed by atoms with Crippen LogP contribution in [0.4, 0.5) is 0 Å². The van der Waals surface area contributed by atoms with Crippen LogP contribution < -0.4 is 5.11 Å². The molecule has 2 atom stereocenters. The highest BCUT2D eigenvalue weighted by Gasteiger charge is 2.21. The fraction of sp³-hybridized carbons (Fsp3) is 0.750. The Morgan fingerprint density at radius 1 is 0.403 bits per heavy atom. The number of quaternary nitrogens is 1. The number of unbranched alkanes of at least 4 members (excludes halogenated alkanes) is 29. The Kier molecular flexibility index (Phi) is 55.9. The van der Waals surface area contributed by atoms with Crippen molar-refractivity contribution in [2.75, 3.05) is 47.5 Å². The van der Waals surface area contributed by atoms with Gasteiger partial charge in [-0.25, -0.2) is 0 Å². The first-order valence-electron chi connectivity index (χ1n) is 31.7. The number of esters is 2. The fourth-order valence-electron chi connectivity index (χ4n) is 8.79. The van der Waals surface area contributed by atoms with Crippen molar-refractivity contribution >= 4 is 17.9 Å². The van der Waals surface area contributed by atoms with Gasteiger partial charge in [0.2, 0.25) is 0 Å². The van der Waals surface area contributed by atoms with Crippen LogP contribution >= 0.6 is 0 Å². The number of likely N-dealkylation sites (N-methyl/N-ethyl adjacent to an activating group) is 1. The standard InChI is InChI=1S/C68H119NO8/c1-6-8-10-12-14-16-18-20-21-22-23-24-25-26-27-28-29-30-31-32-33-34-35-36-37-38-39-40-41-42-43-44-45-47-48-50-52-54-56-58-65(70)75-62-64(63-76-68(67(72)73)74-61-60-69(3,4)5)77-66(71)59-57-55-53-51-49-46-19-17-15-13-11-9-7-2/h9,11,15,17-18,20,22-23,25-26,46,49,53,55,64,68H,6-8,10,12-14,16,19,21,24,27-45,47-48,50-52,54,56-63H2,1-5H3/b11-9-,17-15-,20-18-,23-22-,26-25-,49-46-,55-53-. The molecular formula is C68H119NO8. The maximum atomic E-state index is 12.8. The first kappa shape index (κ1) is 73.5. The van der Waals surface area contributed by atoms with Crippen molar-refractivity contribution in [3.8, 4) is 0 Å². The van der Waals surface area contributed by atoms with Crippen LogP contribution in [0.3, 0.4) is 0 Å². The molecule has 0 aromatic carbocycles. The SMILES string of the molecule is CC/C=C\C/C=C\C/C=C\C/C=C\CCC(=O)OC(COC(=O)CCCCCCCCCCCCCCCCCCCCCCCCCC/C=C\C/C=C\C/C=C\CCCCCCC)COC(OCC[N+](C)(C)C)C(=O)[O-]. The number of carboxylic acids is 1. The molecule has 0 aromatic rings. The molecule has 0 amide bonds. The maximum Gasteiger partial charge on any atom is 0.306 e. The van der Waals surface area contributed by atoms with Gasteiger partial charge in [-0.3, -0.25) is 9.59 Å². The van der Waals surface area contributed by atoms with Crippen LogP contribution in [0.1, 0.15) is 271 Å². The van der Waals surface area contributed by atoms with Gasteiger partial charge in [-0.15, -0.1) is 0 Å². The van der Waals surface area contributed by atoms with Gasteiger partial charge in [0.25, 0.3) is 0 Å². The molecule has 0 saturated heterocycles. The van der Waals surface area contributed by atoms with Crippen LogP contribution in [0.2, 0.25) is 0 Å². The average molecular weight is 1080 g/mol. The summed E-state index contributed by atoms with van der Waals surface area (Å²) in [5.74, 6) is -2.39. The quantitative estimate of drug-likeness (QED) is 0.0195. The summed E-state index contributed by atoms with van der Waals surface area (Å²) in [5, 5.41) is 11.7. The lowest BCUT2D eigenvalue weighted by atomic mass is 10.0. The molecule has 77 heavy (non-hydrogen) atoms. The van der Waals surface area contributed by atoms with E-state index in [1.165, 1.54) is 180 Å². The number of ether oxygens (including phenoxy) is 4. The van der Waals surface area contributed by atoms with E-state index in [1.807, 2.05) is 33.3 Å². The molecule has 0 aliphatic rings. The Morgan fingerprint density at radius 3 is 1.16 bits per heavy atom. The van der Waals surface area contributed by atoms with Crippen LogP contribution in [0.25, 0.3) is 0 Å². The van der Waals surface area contributed by atoms with Crippen molar-refractivity contribution in [2.45, 2.75) is 283 Å². The lowest BCUT2D eigenvalue weighted by Gasteiger charge is -2.26. The van der Waals surface area contributed by atoms with Gasteiger partial charge in [-0.2, -0.15) is 0 Å². The van der Waals surface area contributed by atoms with Gasteiger partial charge in [0.05, 0.1) is 40.3 Å². The fourth-order valence-corrected chi connectivity index (χ4v) is 8.79. The third kappa shape index (κ3) is 60.0. The molecule has 444 valence electrons. The van der Waals surface area contributed by atoms with Gasteiger partial charge in [-0.05, 0) is 77.0 Å². The Labute approximate surface area is 474 Å². The summed E-state index contributed by atoms with van der Waals surface area (Å²) in [6, 6.07) is 0. The third-order valence-corrected chi connectivity index (χ3v) is 13.6. The van der Waals surface area contributed by atoms with E-state index >= 15 is 0 Å². The summed E-state index contributed by atoms with van der Waals surface area (Å²) in [7, 11) is 5.90. The second kappa shape index (κ2) is 58.6. The highest BCUT2D eigenvalue weighted by Crippen LogP contribution is 2.17. The number of carbonyl (C=O) groups is 3. The summed E-state index contributed by atoms with van der Waals surface area (Å²) >= 11 is 0. The van der Waals surface area contributed by atoms with E-state index in [-0.39, 0.29) is 38.6 Å². The van der Waals surface area contributed by atoms with Gasteiger partial charge in [0, 0.05) is 12.8 Å². The monoisotopic (exact) mass is 1080 g/mol. The van der Waals surface area contributed by atoms with Crippen molar-refractivity contribution < 1.29 is 42.9 Å². The largest absolute Gasteiger partial charge is 0.545 e. The van der Waals surface area contributed by atoms with E-state index in [2.05, 4.69) is 86.8 Å². The Bertz CT molecular complexity index is 1540. The van der Waals surface area contributed by atoms with Gasteiger partial charge < -0.3 is 33.3 Å². The van der Waals surface area contributed by atoms with E-state index in [0.29, 0.717) is 17.4 Å². The zero-order valence-corrected chi connectivity index (χ0v) is 50.6. The van der Waals surface area contributed by atoms with Crippen molar-refractivity contribution in [2.24, 2.45) is 0 Å². The van der Waals surface area contributed by atoms with Gasteiger partial charge in [-0.1, -0.05) is 266 Å². The van der Waals surface area contributed by atoms with Crippen LogP contribution in [-0.2, 0) is 33.3 Å². The highest BCUT2D eigenvalue weighted by molar-refractivity contribution is 5.70. The first-order chi connectivity index (χ1) is 37.6. The van der Waals surface area contributed by atoms with Crippen molar-refractivity contribution in [3.63, 3.8) is 0 Å². The predicted octanol–water partition coefficient (Wildman–Crippen LogP) is 17.8. The highest BCUT2D eigenvalue weighted by atomic mass is 16.7. The molecule has 2 unspecified atom stereocenters. The molecule has 0 fully saturated rings. The normalized spacial score (nSPS) is 13.3. The minimum Gasteiger partial charge on any atom is -0.545 e. The van der Waals surface area contributed by atoms with Crippen molar-refractivity contribution in [1.82, 2.24) is 0 Å². The lowest BCUT2D eigenvalue weighted by Crippen LogP contribution is -2.44. The smallest absolute Gasteiger partial charge is 0.306 e. The molecule has 0 N–H and O–H groups in total. The van der Waals surface area contributed by atoms with Gasteiger partial charge in [0.15, 0.2) is 12.4 Å². The zero-order chi connectivity index (χ0) is 56.2. The van der Waals surface area contributed by atoms with Gasteiger partial charge in [0.1, 0.15) is 13.2 Å². The number of hydrogen-bond acceptors (Lipinski definition) is 8. The molecule has 0 radical (unpaired) electrons. The number of nitrogens with zero attached hydrogens (tertiary/aromatic N) is 1. The van der Waals surface area contributed by atoms with Crippen LogP contribution in [0, 0.1) is 0 Å². The van der Waals surface area contributed by atoms with Crippen LogP contribution in [0.5, 0.6) is 0 Å². The van der Waals surface area contributed by atoms with Crippen molar-refractivity contribution in [3.05, 3.63) is 85.1 Å². The number of hydrogen-bond donors (Lipinski definition) is 0. The van der Waals surface area contributed by atoms with Crippen molar-refractivity contribution in [1.29, 1.82) is 0 Å². The minimum absolute atomic E-state index is 0.125. The average Bonchev–Trinajstić information content (AvgIpc) is 3.40. The topological polar surface area (TPSA) is 111 Å². The molecule has 0 spiro atoms.